The maximum Gasteiger partial charge on any atom is 0.344 e. The zero-order chi connectivity index (χ0) is 22.7. The highest BCUT2D eigenvalue weighted by atomic mass is 16.6. The Balaban J connectivity index is 1.64. The van der Waals surface area contributed by atoms with Crippen molar-refractivity contribution in [3.8, 4) is 11.5 Å². The number of fused-ring (bicyclic) bond motifs is 1. The van der Waals surface area contributed by atoms with E-state index >= 15 is 0 Å². The molecule has 0 radical (unpaired) electrons. The third-order valence-corrected chi connectivity index (χ3v) is 4.73. The highest BCUT2D eigenvalue weighted by Crippen LogP contribution is 2.31. The van der Waals surface area contributed by atoms with Crippen LogP contribution >= 0.6 is 0 Å². The molecule has 1 saturated heterocycles. The summed E-state index contributed by atoms with van der Waals surface area (Å²) in [4.78, 5) is 48.0. The minimum atomic E-state index is -0.872. The summed E-state index contributed by atoms with van der Waals surface area (Å²) in [5.41, 5.74) is 0.637. The normalized spacial score (nSPS) is 13.4. The van der Waals surface area contributed by atoms with Crippen molar-refractivity contribution in [2.75, 3.05) is 6.61 Å². The molecule has 1 fully saturated rings. The van der Waals surface area contributed by atoms with Gasteiger partial charge in [-0.2, -0.15) is 0 Å². The molecular weight excluding hydrogens is 412 g/mol. The molecule has 32 heavy (non-hydrogen) atoms. The van der Waals surface area contributed by atoms with Crippen molar-refractivity contribution in [1.82, 2.24) is 10.6 Å². The Morgan fingerprint density at radius 3 is 2.38 bits per heavy atom. The highest BCUT2D eigenvalue weighted by Gasteiger charge is 2.27. The smallest absolute Gasteiger partial charge is 0.344 e. The zero-order valence-electron chi connectivity index (χ0n) is 17.0. The molecule has 0 aromatic heterocycles. The number of benzene rings is 3. The fraction of sp³-hybridized carbons (Fsp3) is 0.0833. The van der Waals surface area contributed by atoms with Gasteiger partial charge < -0.3 is 9.47 Å². The van der Waals surface area contributed by atoms with Gasteiger partial charge in [0.25, 0.3) is 11.8 Å². The summed E-state index contributed by atoms with van der Waals surface area (Å²) < 4.78 is 11.2. The molecule has 3 aromatic carbocycles. The first-order valence-electron chi connectivity index (χ1n) is 9.81. The molecule has 0 spiro atoms. The molecule has 1 aliphatic heterocycles. The van der Waals surface area contributed by atoms with Gasteiger partial charge in [0.1, 0.15) is 5.57 Å². The molecule has 0 aliphatic carbocycles. The Kier molecular flexibility index (Phi) is 5.67. The van der Waals surface area contributed by atoms with E-state index in [0.29, 0.717) is 17.7 Å². The van der Waals surface area contributed by atoms with Crippen LogP contribution in [-0.2, 0) is 9.59 Å². The van der Waals surface area contributed by atoms with Gasteiger partial charge in [0.05, 0.1) is 12.2 Å². The molecule has 0 bridgehead atoms. The number of urea groups is 1. The number of amides is 4. The van der Waals surface area contributed by atoms with E-state index in [1.54, 1.807) is 31.2 Å². The second kappa shape index (κ2) is 8.73. The van der Waals surface area contributed by atoms with Crippen LogP contribution in [0.2, 0.25) is 0 Å². The number of barbiturate groups is 1. The first-order valence-corrected chi connectivity index (χ1v) is 9.81. The Morgan fingerprint density at radius 2 is 1.62 bits per heavy atom. The van der Waals surface area contributed by atoms with Gasteiger partial charge in [0.2, 0.25) is 0 Å². The van der Waals surface area contributed by atoms with Crippen molar-refractivity contribution in [1.29, 1.82) is 0 Å². The number of rotatable bonds is 5. The quantitative estimate of drug-likeness (QED) is 0.278. The predicted molar refractivity (Wildman–Crippen MR) is 116 cm³/mol. The van der Waals surface area contributed by atoms with Gasteiger partial charge in [0.15, 0.2) is 11.5 Å². The van der Waals surface area contributed by atoms with Crippen molar-refractivity contribution >= 4 is 40.7 Å². The predicted octanol–water partition coefficient (Wildman–Crippen LogP) is 3.21. The summed E-state index contributed by atoms with van der Waals surface area (Å²) in [6, 6.07) is 16.6. The average Bonchev–Trinajstić information content (AvgIpc) is 2.77. The molecule has 8 nitrogen and oxygen atoms in total. The monoisotopic (exact) mass is 430 g/mol. The van der Waals surface area contributed by atoms with E-state index in [1.807, 2.05) is 41.0 Å². The summed E-state index contributed by atoms with van der Waals surface area (Å²) >= 11 is 0. The van der Waals surface area contributed by atoms with Crippen molar-refractivity contribution in [3.63, 3.8) is 0 Å². The van der Waals surface area contributed by atoms with Crippen molar-refractivity contribution < 1.29 is 28.7 Å². The van der Waals surface area contributed by atoms with Crippen molar-refractivity contribution in [2.24, 2.45) is 0 Å². The Morgan fingerprint density at radius 1 is 0.906 bits per heavy atom. The molecule has 2 N–H and O–H groups in total. The minimum absolute atomic E-state index is 0.194. The molecule has 0 saturated carbocycles. The summed E-state index contributed by atoms with van der Waals surface area (Å²) in [5, 5.41) is 5.70. The van der Waals surface area contributed by atoms with Gasteiger partial charge in [-0.15, -0.1) is 0 Å². The van der Waals surface area contributed by atoms with Crippen LogP contribution in [0.1, 0.15) is 22.8 Å². The van der Waals surface area contributed by atoms with Gasteiger partial charge in [-0.25, -0.2) is 9.59 Å². The largest absolute Gasteiger partial charge is 0.490 e. The van der Waals surface area contributed by atoms with E-state index in [0.717, 1.165) is 10.8 Å². The van der Waals surface area contributed by atoms with Crippen LogP contribution in [-0.4, -0.2) is 30.4 Å². The van der Waals surface area contributed by atoms with Crippen LogP contribution in [0, 0.1) is 0 Å². The van der Waals surface area contributed by atoms with Gasteiger partial charge in [0, 0.05) is 0 Å². The van der Waals surface area contributed by atoms with E-state index in [1.165, 1.54) is 12.1 Å². The lowest BCUT2D eigenvalue weighted by Gasteiger charge is -2.15. The van der Waals surface area contributed by atoms with Gasteiger partial charge >= 0.3 is 12.0 Å². The lowest BCUT2D eigenvalue weighted by atomic mass is 10.0. The molecule has 8 heteroatoms. The number of hydrogen-bond donors (Lipinski definition) is 2. The summed E-state index contributed by atoms with van der Waals surface area (Å²) in [6.45, 7) is 2.07. The fourth-order valence-electron chi connectivity index (χ4n) is 3.30. The maximum atomic E-state index is 12.9. The summed E-state index contributed by atoms with van der Waals surface area (Å²) in [5.74, 6) is -1.69. The lowest BCUT2D eigenvalue weighted by Crippen LogP contribution is -2.51. The lowest BCUT2D eigenvalue weighted by molar-refractivity contribution is -0.123. The van der Waals surface area contributed by atoms with E-state index in [2.05, 4.69) is 0 Å². The number of carbonyl (C=O) groups is 4. The van der Waals surface area contributed by atoms with Gasteiger partial charge in [-0.05, 0) is 47.5 Å². The number of imide groups is 2. The van der Waals surface area contributed by atoms with E-state index in [-0.39, 0.29) is 17.1 Å². The SMILES string of the molecule is CCOc1cc(C=C2C(=O)NC(=O)NC2=O)ccc1OC(=O)c1cccc2ccccc12. The average molecular weight is 430 g/mol. The van der Waals surface area contributed by atoms with E-state index in [4.69, 9.17) is 9.47 Å². The number of ether oxygens (including phenoxy) is 2. The summed E-state index contributed by atoms with van der Waals surface area (Å²) in [7, 11) is 0. The third-order valence-electron chi connectivity index (χ3n) is 4.73. The Labute approximate surface area is 182 Å². The van der Waals surface area contributed by atoms with Crippen molar-refractivity contribution in [3.05, 3.63) is 77.4 Å². The zero-order valence-corrected chi connectivity index (χ0v) is 17.0. The number of hydrogen-bond acceptors (Lipinski definition) is 6. The van der Waals surface area contributed by atoms with Crippen LogP contribution < -0.4 is 20.1 Å². The first-order chi connectivity index (χ1) is 15.5. The van der Waals surface area contributed by atoms with Crippen LogP contribution in [0.3, 0.4) is 0 Å². The Bertz CT molecular complexity index is 1270. The van der Waals surface area contributed by atoms with Crippen molar-refractivity contribution in [2.45, 2.75) is 6.92 Å². The molecule has 3 aromatic rings. The van der Waals surface area contributed by atoms with Crippen LogP contribution in [0.25, 0.3) is 16.8 Å². The second-order valence-electron chi connectivity index (χ2n) is 6.85. The molecule has 1 heterocycles. The minimum Gasteiger partial charge on any atom is -0.490 e. The van der Waals surface area contributed by atoms with E-state index in [9.17, 15) is 19.2 Å². The number of esters is 1. The fourth-order valence-corrected chi connectivity index (χ4v) is 3.30. The third kappa shape index (κ3) is 4.20. The Hall–Kier alpha value is -4.46. The number of nitrogens with one attached hydrogen (secondary N) is 2. The van der Waals surface area contributed by atoms with Crippen LogP contribution in [0.4, 0.5) is 4.79 Å². The highest BCUT2D eigenvalue weighted by molar-refractivity contribution is 6.31. The molecule has 4 rings (SSSR count). The molecule has 0 atom stereocenters. The number of carbonyl (C=O) groups excluding carboxylic acids is 4. The topological polar surface area (TPSA) is 111 Å². The van der Waals surface area contributed by atoms with E-state index < -0.39 is 23.8 Å². The molecular formula is C24H18N2O6. The second-order valence-corrected chi connectivity index (χ2v) is 6.85. The molecule has 160 valence electrons. The first kappa shape index (κ1) is 20.8. The van der Waals surface area contributed by atoms with Crippen LogP contribution in [0.5, 0.6) is 11.5 Å². The standard InChI is InChI=1S/C24H18N2O6/c1-2-31-20-13-14(12-18-21(27)25-24(30)26-22(18)28)10-11-19(20)32-23(29)17-9-5-7-15-6-3-4-8-16(15)17/h3-13H,2H2,1H3,(H2,25,26,27,28,30). The summed E-state index contributed by atoms with van der Waals surface area (Å²) in [6.07, 6.45) is 1.32. The maximum absolute atomic E-state index is 12.9. The molecule has 1 aliphatic rings. The van der Waals surface area contributed by atoms with Gasteiger partial charge in [-0.3, -0.25) is 20.2 Å². The van der Waals surface area contributed by atoms with Crippen LogP contribution in [0.15, 0.2) is 66.2 Å². The molecule has 4 amide bonds. The van der Waals surface area contributed by atoms with Gasteiger partial charge in [-0.1, -0.05) is 42.5 Å². The molecule has 0 unspecified atom stereocenters.